The SMILES string of the molecule is CC(C)CC(O)C(O)CCc1cccc2ccccc12. The Morgan fingerprint density at radius 3 is 2.35 bits per heavy atom. The van der Waals surface area contributed by atoms with Gasteiger partial charge in [-0.15, -0.1) is 0 Å². The Labute approximate surface area is 121 Å². The van der Waals surface area contributed by atoms with Gasteiger partial charge in [0.1, 0.15) is 0 Å². The van der Waals surface area contributed by atoms with Crippen molar-refractivity contribution < 1.29 is 10.2 Å². The smallest absolute Gasteiger partial charge is 0.0802 e. The summed E-state index contributed by atoms with van der Waals surface area (Å²) in [5, 5.41) is 22.4. The predicted molar refractivity (Wildman–Crippen MR) is 83.7 cm³/mol. The minimum Gasteiger partial charge on any atom is -0.390 e. The zero-order chi connectivity index (χ0) is 14.5. The zero-order valence-electron chi connectivity index (χ0n) is 12.3. The topological polar surface area (TPSA) is 40.5 Å². The summed E-state index contributed by atoms with van der Waals surface area (Å²) in [7, 11) is 0. The lowest BCUT2D eigenvalue weighted by Crippen LogP contribution is -2.27. The van der Waals surface area contributed by atoms with E-state index in [2.05, 4.69) is 44.2 Å². The predicted octanol–water partition coefficient (Wildman–Crippen LogP) is 3.54. The number of aliphatic hydroxyl groups excluding tert-OH is 2. The molecule has 2 rings (SSSR count). The van der Waals surface area contributed by atoms with E-state index in [1.165, 1.54) is 16.3 Å². The molecule has 2 nitrogen and oxygen atoms in total. The van der Waals surface area contributed by atoms with Crippen LogP contribution in [0.3, 0.4) is 0 Å². The van der Waals surface area contributed by atoms with E-state index in [9.17, 15) is 10.2 Å². The van der Waals surface area contributed by atoms with Crippen molar-refractivity contribution in [1.82, 2.24) is 0 Å². The van der Waals surface area contributed by atoms with E-state index in [0.717, 1.165) is 6.42 Å². The van der Waals surface area contributed by atoms with Crippen molar-refractivity contribution in [2.45, 2.75) is 45.3 Å². The third-order valence-electron chi connectivity index (χ3n) is 3.75. The van der Waals surface area contributed by atoms with Crippen LogP contribution in [0, 0.1) is 5.92 Å². The quantitative estimate of drug-likeness (QED) is 0.844. The van der Waals surface area contributed by atoms with Crippen LogP contribution in [0.1, 0.15) is 32.3 Å². The number of rotatable bonds is 6. The van der Waals surface area contributed by atoms with Gasteiger partial charge < -0.3 is 10.2 Å². The normalized spacial score (nSPS) is 14.7. The molecule has 20 heavy (non-hydrogen) atoms. The third kappa shape index (κ3) is 3.81. The summed E-state index contributed by atoms with van der Waals surface area (Å²) < 4.78 is 0. The molecule has 2 atom stereocenters. The molecule has 2 heteroatoms. The number of hydrogen-bond donors (Lipinski definition) is 2. The van der Waals surface area contributed by atoms with Crippen LogP contribution >= 0.6 is 0 Å². The first-order chi connectivity index (χ1) is 9.58. The lowest BCUT2D eigenvalue weighted by Gasteiger charge is -2.19. The molecule has 2 aromatic carbocycles. The van der Waals surface area contributed by atoms with Crippen LogP contribution in [-0.2, 0) is 6.42 Å². The summed E-state index contributed by atoms with van der Waals surface area (Å²) >= 11 is 0. The van der Waals surface area contributed by atoms with Crippen LogP contribution in [0.5, 0.6) is 0 Å². The molecule has 2 aromatic rings. The first kappa shape index (κ1) is 15.0. The van der Waals surface area contributed by atoms with Gasteiger partial charge in [0.15, 0.2) is 0 Å². The van der Waals surface area contributed by atoms with E-state index >= 15 is 0 Å². The zero-order valence-corrected chi connectivity index (χ0v) is 12.3. The van der Waals surface area contributed by atoms with Gasteiger partial charge in [-0.3, -0.25) is 0 Å². The fourth-order valence-electron chi connectivity index (χ4n) is 2.65. The van der Waals surface area contributed by atoms with Crippen LogP contribution in [-0.4, -0.2) is 22.4 Å². The van der Waals surface area contributed by atoms with Gasteiger partial charge in [-0.2, -0.15) is 0 Å². The maximum Gasteiger partial charge on any atom is 0.0802 e. The van der Waals surface area contributed by atoms with Crippen molar-refractivity contribution in [2.75, 3.05) is 0 Å². The minimum absolute atomic E-state index is 0.400. The van der Waals surface area contributed by atoms with Crippen molar-refractivity contribution in [3.8, 4) is 0 Å². The summed E-state index contributed by atoms with van der Waals surface area (Å²) in [4.78, 5) is 0. The molecule has 0 aliphatic rings. The Balaban J connectivity index is 2.02. The highest BCUT2D eigenvalue weighted by Gasteiger charge is 2.17. The molecule has 108 valence electrons. The van der Waals surface area contributed by atoms with Crippen molar-refractivity contribution in [2.24, 2.45) is 5.92 Å². The van der Waals surface area contributed by atoms with E-state index < -0.39 is 12.2 Å². The van der Waals surface area contributed by atoms with Crippen molar-refractivity contribution in [1.29, 1.82) is 0 Å². The van der Waals surface area contributed by atoms with E-state index in [1.54, 1.807) is 0 Å². The molecule has 2 N–H and O–H groups in total. The molecule has 0 amide bonds. The van der Waals surface area contributed by atoms with Gasteiger partial charge in [0.2, 0.25) is 0 Å². The average molecular weight is 272 g/mol. The van der Waals surface area contributed by atoms with E-state index in [-0.39, 0.29) is 0 Å². The van der Waals surface area contributed by atoms with E-state index in [0.29, 0.717) is 18.8 Å². The van der Waals surface area contributed by atoms with Crippen LogP contribution in [0.25, 0.3) is 10.8 Å². The molecule has 0 saturated heterocycles. The highest BCUT2D eigenvalue weighted by molar-refractivity contribution is 5.85. The Bertz CT molecular complexity index is 543. The van der Waals surface area contributed by atoms with Gasteiger partial charge in [-0.25, -0.2) is 0 Å². The average Bonchev–Trinajstić information content (AvgIpc) is 2.44. The van der Waals surface area contributed by atoms with Gasteiger partial charge in [-0.05, 0) is 41.5 Å². The fourth-order valence-corrected chi connectivity index (χ4v) is 2.65. The maximum atomic E-state index is 10.0. The van der Waals surface area contributed by atoms with Gasteiger partial charge >= 0.3 is 0 Å². The highest BCUT2D eigenvalue weighted by Crippen LogP contribution is 2.21. The lowest BCUT2D eigenvalue weighted by atomic mass is 9.95. The summed E-state index contributed by atoms with van der Waals surface area (Å²) in [6.07, 6.45) is 0.775. The number of aryl methyl sites for hydroxylation is 1. The van der Waals surface area contributed by atoms with Crippen molar-refractivity contribution >= 4 is 10.8 Å². The molecule has 0 spiro atoms. The number of aliphatic hydroxyl groups is 2. The maximum absolute atomic E-state index is 10.0. The second-order valence-corrected chi connectivity index (χ2v) is 5.94. The second kappa shape index (κ2) is 6.87. The minimum atomic E-state index is -0.642. The van der Waals surface area contributed by atoms with Gasteiger partial charge in [0.05, 0.1) is 12.2 Å². The molecular weight excluding hydrogens is 248 g/mol. The molecule has 0 aromatic heterocycles. The Morgan fingerprint density at radius 1 is 0.900 bits per heavy atom. The standard InChI is InChI=1S/C18H24O2/c1-13(2)12-18(20)17(19)11-10-15-8-5-7-14-6-3-4-9-16(14)15/h3-9,13,17-20H,10-12H2,1-2H3. The second-order valence-electron chi connectivity index (χ2n) is 5.94. The number of hydrogen-bond acceptors (Lipinski definition) is 2. The summed E-state index contributed by atoms with van der Waals surface area (Å²) in [6.45, 7) is 4.11. The van der Waals surface area contributed by atoms with Gasteiger partial charge in [-0.1, -0.05) is 56.3 Å². The molecule has 0 aliphatic heterocycles. The van der Waals surface area contributed by atoms with Crippen LogP contribution in [0.15, 0.2) is 42.5 Å². The molecule has 0 bridgehead atoms. The van der Waals surface area contributed by atoms with E-state index in [1.807, 2.05) is 12.1 Å². The van der Waals surface area contributed by atoms with E-state index in [4.69, 9.17) is 0 Å². The highest BCUT2D eigenvalue weighted by atomic mass is 16.3. The van der Waals surface area contributed by atoms with Gasteiger partial charge in [0, 0.05) is 0 Å². The largest absolute Gasteiger partial charge is 0.390 e. The first-order valence-corrected chi connectivity index (χ1v) is 7.40. The third-order valence-corrected chi connectivity index (χ3v) is 3.75. The van der Waals surface area contributed by atoms with Crippen LogP contribution in [0.4, 0.5) is 0 Å². The van der Waals surface area contributed by atoms with Crippen molar-refractivity contribution in [3.05, 3.63) is 48.0 Å². The monoisotopic (exact) mass is 272 g/mol. The number of benzene rings is 2. The number of fused-ring (bicyclic) bond motifs is 1. The molecule has 0 heterocycles. The molecule has 0 saturated carbocycles. The Hall–Kier alpha value is -1.38. The first-order valence-electron chi connectivity index (χ1n) is 7.40. The van der Waals surface area contributed by atoms with Crippen LogP contribution in [0.2, 0.25) is 0 Å². The van der Waals surface area contributed by atoms with Crippen molar-refractivity contribution in [3.63, 3.8) is 0 Å². The van der Waals surface area contributed by atoms with Crippen LogP contribution < -0.4 is 0 Å². The lowest BCUT2D eigenvalue weighted by molar-refractivity contribution is 0.00340. The molecule has 2 unspecified atom stereocenters. The Kier molecular flexibility index (Phi) is 5.16. The fraction of sp³-hybridized carbons (Fsp3) is 0.444. The Morgan fingerprint density at radius 2 is 1.60 bits per heavy atom. The molecule has 0 fully saturated rings. The summed E-state index contributed by atoms with van der Waals surface area (Å²) in [5.74, 6) is 0.400. The molecule has 0 aliphatic carbocycles. The molecular formula is C18H24O2. The summed E-state index contributed by atoms with van der Waals surface area (Å²) in [6, 6.07) is 14.5. The summed E-state index contributed by atoms with van der Waals surface area (Å²) in [5.41, 5.74) is 1.24. The molecule has 0 radical (unpaired) electrons. The van der Waals surface area contributed by atoms with Gasteiger partial charge in [0.25, 0.3) is 0 Å².